The molecule has 0 aromatic heterocycles. The molecule has 1 aromatic carbocycles. The van der Waals surface area contributed by atoms with Crippen molar-refractivity contribution in [2.24, 2.45) is 5.92 Å². The van der Waals surface area contributed by atoms with Crippen LogP contribution in [0.1, 0.15) is 12.5 Å². The average molecular weight is 223 g/mol. The van der Waals surface area contributed by atoms with Crippen molar-refractivity contribution in [2.45, 2.75) is 13.5 Å². The molecule has 0 radical (unpaired) electrons. The molecule has 0 saturated heterocycles. The van der Waals surface area contributed by atoms with E-state index in [2.05, 4.69) is 5.32 Å². The summed E-state index contributed by atoms with van der Waals surface area (Å²) in [7, 11) is 0. The largest absolute Gasteiger partial charge is 0.481 e. The van der Waals surface area contributed by atoms with E-state index in [0.29, 0.717) is 11.3 Å². The molecule has 0 aliphatic carbocycles. The van der Waals surface area contributed by atoms with E-state index in [1.54, 1.807) is 24.3 Å². The first kappa shape index (κ1) is 12.2. The van der Waals surface area contributed by atoms with E-state index in [-0.39, 0.29) is 6.61 Å². The molecule has 1 unspecified atom stereocenters. The second-order valence-corrected chi connectivity index (χ2v) is 3.41. The number of hydrogen-bond acceptors (Lipinski definition) is 3. The van der Waals surface area contributed by atoms with Gasteiger partial charge >= 0.3 is 5.97 Å². The Balaban J connectivity index is 2.73. The number of hydrogen-bond donors (Lipinski definition) is 3. The topological polar surface area (TPSA) is 86.6 Å². The lowest BCUT2D eigenvalue weighted by atomic mass is 10.1. The van der Waals surface area contributed by atoms with Gasteiger partial charge in [0.1, 0.15) is 5.92 Å². The second kappa shape index (κ2) is 5.27. The molecule has 1 atom stereocenters. The molecule has 0 spiro atoms. The maximum Gasteiger partial charge on any atom is 0.315 e. The van der Waals surface area contributed by atoms with E-state index in [1.165, 1.54) is 6.92 Å². The van der Waals surface area contributed by atoms with Gasteiger partial charge < -0.3 is 15.5 Å². The highest BCUT2D eigenvalue weighted by atomic mass is 16.4. The number of benzene rings is 1. The first-order valence-corrected chi connectivity index (χ1v) is 4.78. The fourth-order valence-electron chi connectivity index (χ4n) is 1.11. The molecule has 5 nitrogen and oxygen atoms in total. The molecule has 0 fully saturated rings. The molecule has 86 valence electrons. The molecule has 1 amide bonds. The Hall–Kier alpha value is -1.88. The van der Waals surface area contributed by atoms with E-state index in [0.717, 1.165) is 0 Å². The summed E-state index contributed by atoms with van der Waals surface area (Å²) in [6.07, 6.45) is 0. The average Bonchev–Trinajstić information content (AvgIpc) is 2.28. The van der Waals surface area contributed by atoms with Crippen LogP contribution in [0.5, 0.6) is 0 Å². The minimum atomic E-state index is -1.17. The summed E-state index contributed by atoms with van der Waals surface area (Å²) in [5.74, 6) is -2.85. The molecule has 0 aliphatic heterocycles. The Bertz CT molecular complexity index is 403. The summed E-state index contributed by atoms with van der Waals surface area (Å²) < 4.78 is 0. The van der Waals surface area contributed by atoms with Gasteiger partial charge in [0.15, 0.2) is 0 Å². The first-order valence-electron chi connectivity index (χ1n) is 4.78. The number of carbonyl (C=O) groups is 2. The van der Waals surface area contributed by atoms with Gasteiger partial charge in [-0.05, 0) is 24.6 Å². The van der Waals surface area contributed by atoms with Crippen molar-refractivity contribution in [3.63, 3.8) is 0 Å². The van der Waals surface area contributed by atoms with Gasteiger partial charge in [-0.2, -0.15) is 0 Å². The van der Waals surface area contributed by atoms with E-state index < -0.39 is 17.8 Å². The van der Waals surface area contributed by atoms with Gasteiger partial charge in [-0.15, -0.1) is 0 Å². The van der Waals surface area contributed by atoms with Crippen molar-refractivity contribution >= 4 is 17.6 Å². The third kappa shape index (κ3) is 3.06. The quantitative estimate of drug-likeness (QED) is 0.660. The number of aliphatic hydroxyl groups excluding tert-OH is 1. The van der Waals surface area contributed by atoms with Crippen molar-refractivity contribution in [3.05, 3.63) is 29.8 Å². The highest BCUT2D eigenvalue weighted by molar-refractivity contribution is 6.03. The molecule has 1 aromatic rings. The molecule has 5 heteroatoms. The second-order valence-electron chi connectivity index (χ2n) is 3.41. The lowest BCUT2D eigenvalue weighted by Gasteiger charge is -2.08. The van der Waals surface area contributed by atoms with Crippen LogP contribution >= 0.6 is 0 Å². The van der Waals surface area contributed by atoms with Crippen molar-refractivity contribution in [3.8, 4) is 0 Å². The molecule has 0 aliphatic rings. The van der Waals surface area contributed by atoms with Crippen LogP contribution in [0.4, 0.5) is 5.69 Å². The summed E-state index contributed by atoms with van der Waals surface area (Å²) in [5.41, 5.74) is 1.13. The molecule has 3 N–H and O–H groups in total. The molecule has 0 saturated carbocycles. The maximum absolute atomic E-state index is 11.4. The van der Waals surface area contributed by atoms with Crippen molar-refractivity contribution < 1.29 is 19.8 Å². The maximum atomic E-state index is 11.4. The van der Waals surface area contributed by atoms with Crippen LogP contribution in [-0.2, 0) is 16.2 Å². The van der Waals surface area contributed by atoms with E-state index in [9.17, 15) is 9.59 Å². The Morgan fingerprint density at radius 2 is 2.12 bits per heavy atom. The van der Waals surface area contributed by atoms with Crippen molar-refractivity contribution in [1.82, 2.24) is 0 Å². The van der Waals surface area contributed by atoms with Crippen molar-refractivity contribution in [1.29, 1.82) is 0 Å². The highest BCUT2D eigenvalue weighted by Gasteiger charge is 2.20. The molecular weight excluding hydrogens is 210 g/mol. The van der Waals surface area contributed by atoms with Crippen LogP contribution in [0, 0.1) is 5.92 Å². The lowest BCUT2D eigenvalue weighted by molar-refractivity contribution is -0.144. The Labute approximate surface area is 92.7 Å². The van der Waals surface area contributed by atoms with Gasteiger partial charge in [0.05, 0.1) is 6.61 Å². The van der Waals surface area contributed by atoms with Gasteiger partial charge in [0.2, 0.25) is 5.91 Å². The minimum Gasteiger partial charge on any atom is -0.481 e. The molecular formula is C11H13NO4. The van der Waals surface area contributed by atoms with Crippen LogP contribution in [0.2, 0.25) is 0 Å². The number of nitrogens with one attached hydrogen (secondary N) is 1. The molecule has 0 bridgehead atoms. The smallest absolute Gasteiger partial charge is 0.315 e. The Kier molecular flexibility index (Phi) is 4.02. The fourth-order valence-corrected chi connectivity index (χ4v) is 1.11. The zero-order chi connectivity index (χ0) is 12.1. The van der Waals surface area contributed by atoms with Crippen LogP contribution < -0.4 is 5.32 Å². The number of anilines is 1. The Morgan fingerprint density at radius 3 is 2.69 bits per heavy atom. The van der Waals surface area contributed by atoms with E-state index >= 15 is 0 Å². The van der Waals surface area contributed by atoms with Crippen LogP contribution in [0.25, 0.3) is 0 Å². The predicted octanol–water partition coefficient (Wildman–Crippen LogP) is 0.838. The number of carbonyl (C=O) groups excluding carboxylic acids is 1. The molecule has 1 rings (SSSR count). The summed E-state index contributed by atoms with van der Waals surface area (Å²) in [6.45, 7) is 1.19. The van der Waals surface area contributed by atoms with Crippen LogP contribution in [0.15, 0.2) is 24.3 Å². The summed E-state index contributed by atoms with van der Waals surface area (Å²) in [6, 6.07) is 6.60. The fraction of sp³-hybridized carbons (Fsp3) is 0.273. The van der Waals surface area contributed by atoms with Gasteiger partial charge in [-0.25, -0.2) is 0 Å². The lowest BCUT2D eigenvalue weighted by Crippen LogP contribution is -2.26. The number of aliphatic carboxylic acids is 1. The van der Waals surface area contributed by atoms with Gasteiger partial charge in [0, 0.05) is 5.69 Å². The number of carboxylic acid groups (broad SMARTS) is 1. The number of amides is 1. The minimum absolute atomic E-state index is 0.127. The SMILES string of the molecule is CC(C(=O)O)C(=O)Nc1cccc(CO)c1. The molecule has 16 heavy (non-hydrogen) atoms. The van der Waals surface area contributed by atoms with Gasteiger partial charge in [-0.1, -0.05) is 12.1 Å². The number of rotatable bonds is 4. The zero-order valence-corrected chi connectivity index (χ0v) is 8.80. The van der Waals surface area contributed by atoms with Gasteiger partial charge in [-0.3, -0.25) is 9.59 Å². The summed E-state index contributed by atoms with van der Waals surface area (Å²) in [4.78, 5) is 22.0. The van der Waals surface area contributed by atoms with Crippen molar-refractivity contribution in [2.75, 3.05) is 5.32 Å². The van der Waals surface area contributed by atoms with Gasteiger partial charge in [0.25, 0.3) is 0 Å². The number of carboxylic acids is 1. The highest BCUT2D eigenvalue weighted by Crippen LogP contribution is 2.12. The standard InChI is InChI=1S/C11H13NO4/c1-7(11(15)16)10(14)12-9-4-2-3-8(5-9)6-13/h2-5,7,13H,6H2,1H3,(H,12,14)(H,15,16). The van der Waals surface area contributed by atoms with Crippen LogP contribution in [-0.4, -0.2) is 22.1 Å². The third-order valence-corrected chi connectivity index (χ3v) is 2.14. The monoisotopic (exact) mass is 223 g/mol. The zero-order valence-electron chi connectivity index (χ0n) is 8.80. The number of aliphatic hydroxyl groups is 1. The normalized spacial score (nSPS) is 11.9. The molecule has 0 heterocycles. The third-order valence-electron chi connectivity index (χ3n) is 2.14. The predicted molar refractivity (Wildman–Crippen MR) is 57.8 cm³/mol. The Morgan fingerprint density at radius 1 is 1.44 bits per heavy atom. The van der Waals surface area contributed by atoms with E-state index in [4.69, 9.17) is 10.2 Å². The first-order chi connectivity index (χ1) is 7.54. The van der Waals surface area contributed by atoms with E-state index in [1.807, 2.05) is 0 Å². The summed E-state index contributed by atoms with van der Waals surface area (Å²) in [5, 5.41) is 20.0. The van der Waals surface area contributed by atoms with Crippen LogP contribution in [0.3, 0.4) is 0 Å². The summed E-state index contributed by atoms with van der Waals surface area (Å²) >= 11 is 0.